The number of hydrogen-bond acceptors (Lipinski definition) is 8. The lowest BCUT2D eigenvalue weighted by Gasteiger charge is -2.06. The number of thiazole rings is 1. The van der Waals surface area contributed by atoms with Crippen molar-refractivity contribution in [2.75, 3.05) is 12.8 Å². The van der Waals surface area contributed by atoms with Gasteiger partial charge in [-0.2, -0.15) is 0 Å². The van der Waals surface area contributed by atoms with Gasteiger partial charge in [0.2, 0.25) is 0 Å². The van der Waals surface area contributed by atoms with Gasteiger partial charge in [-0.05, 0) is 31.5 Å². The molecule has 2 heterocycles. The van der Waals surface area contributed by atoms with Crippen molar-refractivity contribution in [3.63, 3.8) is 0 Å². The number of aryl methyl sites for hydroxylation is 1. The van der Waals surface area contributed by atoms with Crippen LogP contribution in [0.1, 0.15) is 20.2 Å². The van der Waals surface area contributed by atoms with Crippen molar-refractivity contribution in [2.24, 2.45) is 0 Å². The molecule has 3 aromatic rings. The standard InChI is InChI=1S/C18H17N3O5S3/c1-11-20-16(10-27-11)17-4-3-14(28-17)5-6-19-18(22)12-7-13(21(23)24)9-15(8-12)29(2,25)26/h3-4,7-10H,5-6H2,1-2H3,(H,19,22). The van der Waals surface area contributed by atoms with E-state index in [1.165, 1.54) is 0 Å². The predicted octanol–water partition coefficient (Wildman–Crippen LogP) is 3.46. The van der Waals surface area contributed by atoms with Crippen LogP contribution >= 0.6 is 22.7 Å². The van der Waals surface area contributed by atoms with Gasteiger partial charge in [-0.3, -0.25) is 14.9 Å². The van der Waals surface area contributed by atoms with Crippen LogP contribution in [0.4, 0.5) is 5.69 Å². The van der Waals surface area contributed by atoms with E-state index < -0.39 is 26.4 Å². The van der Waals surface area contributed by atoms with Gasteiger partial charge in [-0.1, -0.05) is 0 Å². The van der Waals surface area contributed by atoms with Crippen molar-refractivity contribution in [3.8, 4) is 10.6 Å². The number of nitrogens with zero attached hydrogens (tertiary/aromatic N) is 2. The molecule has 1 amide bonds. The summed E-state index contributed by atoms with van der Waals surface area (Å²) < 4.78 is 23.5. The Morgan fingerprint density at radius 1 is 1.28 bits per heavy atom. The summed E-state index contributed by atoms with van der Waals surface area (Å²) in [4.78, 5) is 29.0. The summed E-state index contributed by atoms with van der Waals surface area (Å²) in [6.07, 6.45) is 1.51. The zero-order chi connectivity index (χ0) is 21.2. The minimum absolute atomic E-state index is 0.0653. The predicted molar refractivity (Wildman–Crippen MR) is 112 cm³/mol. The lowest BCUT2D eigenvalue weighted by molar-refractivity contribution is -0.385. The number of thiophene rings is 1. The van der Waals surface area contributed by atoms with Crippen LogP contribution in [0.25, 0.3) is 10.6 Å². The van der Waals surface area contributed by atoms with Gasteiger partial charge in [0.15, 0.2) is 9.84 Å². The largest absolute Gasteiger partial charge is 0.352 e. The van der Waals surface area contributed by atoms with Crippen LogP contribution in [0.3, 0.4) is 0 Å². The highest BCUT2D eigenvalue weighted by molar-refractivity contribution is 7.90. The Balaban J connectivity index is 1.67. The van der Waals surface area contributed by atoms with E-state index in [-0.39, 0.29) is 10.5 Å². The Morgan fingerprint density at radius 3 is 2.66 bits per heavy atom. The third-order valence-electron chi connectivity index (χ3n) is 3.98. The molecular weight excluding hydrogens is 434 g/mol. The molecule has 0 saturated carbocycles. The van der Waals surface area contributed by atoms with Crippen LogP contribution in [0.2, 0.25) is 0 Å². The molecule has 0 saturated heterocycles. The Kier molecular flexibility index (Phi) is 6.10. The molecule has 0 atom stereocenters. The molecule has 11 heteroatoms. The zero-order valence-corrected chi connectivity index (χ0v) is 18.0. The van der Waals surface area contributed by atoms with Gasteiger partial charge >= 0.3 is 0 Å². The third kappa shape index (κ3) is 5.25. The maximum atomic E-state index is 12.4. The number of nitro groups is 1. The molecule has 0 aliphatic carbocycles. The van der Waals surface area contributed by atoms with E-state index in [4.69, 9.17) is 0 Å². The number of aromatic nitrogens is 1. The highest BCUT2D eigenvalue weighted by Crippen LogP contribution is 2.29. The number of benzene rings is 1. The van der Waals surface area contributed by atoms with Crippen LogP contribution in [0.5, 0.6) is 0 Å². The van der Waals surface area contributed by atoms with Gasteiger partial charge in [0.1, 0.15) is 0 Å². The van der Waals surface area contributed by atoms with Crippen molar-refractivity contribution in [2.45, 2.75) is 18.2 Å². The van der Waals surface area contributed by atoms with Crippen molar-refractivity contribution < 1.29 is 18.1 Å². The lowest BCUT2D eigenvalue weighted by Crippen LogP contribution is -2.25. The Bertz CT molecular complexity index is 1180. The number of nitrogens with one attached hydrogen (secondary N) is 1. The van der Waals surface area contributed by atoms with Crippen LogP contribution in [-0.4, -0.2) is 37.0 Å². The first-order valence-electron chi connectivity index (χ1n) is 8.42. The summed E-state index contributed by atoms with van der Waals surface area (Å²) in [5.74, 6) is -0.564. The SMILES string of the molecule is Cc1nc(-c2ccc(CCNC(=O)c3cc([N+](=O)[O-])cc(S(C)(=O)=O)c3)s2)cs1. The van der Waals surface area contributed by atoms with E-state index in [0.29, 0.717) is 13.0 Å². The fraction of sp³-hybridized carbons (Fsp3) is 0.222. The number of rotatable bonds is 7. The molecule has 0 aliphatic rings. The van der Waals surface area contributed by atoms with Gasteiger partial charge in [0.05, 0.1) is 25.4 Å². The quantitative estimate of drug-likeness (QED) is 0.434. The molecule has 3 rings (SSSR count). The van der Waals surface area contributed by atoms with Crippen LogP contribution in [0.15, 0.2) is 40.6 Å². The molecule has 1 N–H and O–H groups in total. The van der Waals surface area contributed by atoms with E-state index in [2.05, 4.69) is 10.3 Å². The minimum Gasteiger partial charge on any atom is -0.352 e. The molecule has 0 bridgehead atoms. The molecule has 0 radical (unpaired) electrons. The monoisotopic (exact) mass is 451 g/mol. The van der Waals surface area contributed by atoms with Gasteiger partial charge in [-0.15, -0.1) is 22.7 Å². The normalized spacial score (nSPS) is 11.4. The van der Waals surface area contributed by atoms with E-state index in [1.807, 2.05) is 24.4 Å². The van der Waals surface area contributed by atoms with E-state index in [9.17, 15) is 23.3 Å². The number of non-ortho nitro benzene ring substituents is 1. The number of hydrogen-bond donors (Lipinski definition) is 1. The Morgan fingerprint density at radius 2 is 2.03 bits per heavy atom. The summed E-state index contributed by atoms with van der Waals surface area (Å²) >= 11 is 3.16. The maximum Gasteiger partial charge on any atom is 0.271 e. The molecule has 0 unspecified atom stereocenters. The maximum absolute atomic E-state index is 12.4. The van der Waals surface area contributed by atoms with Crippen molar-refractivity contribution in [3.05, 3.63) is 61.3 Å². The Hall–Kier alpha value is -2.63. The number of sulfone groups is 1. The first-order chi connectivity index (χ1) is 13.6. The molecule has 1 aromatic carbocycles. The number of nitro benzene ring substituents is 1. The third-order valence-corrected chi connectivity index (χ3v) is 7.02. The molecule has 29 heavy (non-hydrogen) atoms. The topological polar surface area (TPSA) is 119 Å². The summed E-state index contributed by atoms with van der Waals surface area (Å²) in [7, 11) is -3.69. The van der Waals surface area contributed by atoms with E-state index in [1.54, 1.807) is 22.7 Å². The molecule has 0 spiro atoms. The average molecular weight is 452 g/mol. The van der Waals surface area contributed by atoms with Crippen molar-refractivity contribution in [1.82, 2.24) is 10.3 Å². The van der Waals surface area contributed by atoms with Crippen LogP contribution < -0.4 is 5.32 Å². The highest BCUT2D eigenvalue weighted by Gasteiger charge is 2.19. The molecule has 152 valence electrons. The second-order valence-corrected chi connectivity index (χ2v) is 10.5. The zero-order valence-electron chi connectivity index (χ0n) is 15.5. The highest BCUT2D eigenvalue weighted by atomic mass is 32.2. The summed E-state index contributed by atoms with van der Waals surface area (Å²) in [5, 5.41) is 16.7. The molecule has 0 fully saturated rings. The molecule has 8 nitrogen and oxygen atoms in total. The lowest BCUT2D eigenvalue weighted by atomic mass is 10.2. The van der Waals surface area contributed by atoms with E-state index in [0.717, 1.165) is 44.9 Å². The van der Waals surface area contributed by atoms with Crippen molar-refractivity contribution >= 4 is 44.1 Å². The van der Waals surface area contributed by atoms with Crippen LogP contribution in [-0.2, 0) is 16.3 Å². The number of carbonyl (C=O) groups is 1. The second-order valence-electron chi connectivity index (χ2n) is 6.27. The summed E-state index contributed by atoms with van der Waals surface area (Å²) in [6.45, 7) is 2.26. The van der Waals surface area contributed by atoms with Crippen molar-refractivity contribution in [1.29, 1.82) is 0 Å². The molecule has 2 aromatic heterocycles. The fourth-order valence-corrected chi connectivity index (χ4v) is 4.89. The first kappa shape index (κ1) is 21.1. The number of carbonyl (C=O) groups excluding carboxylic acids is 1. The Labute approximate surface area is 175 Å². The molecular formula is C18H17N3O5S3. The van der Waals surface area contributed by atoms with Gasteiger partial charge in [0, 0.05) is 40.8 Å². The second kappa shape index (κ2) is 8.39. The average Bonchev–Trinajstić information content (AvgIpc) is 3.29. The van der Waals surface area contributed by atoms with Gasteiger partial charge in [-0.25, -0.2) is 13.4 Å². The minimum atomic E-state index is -3.69. The summed E-state index contributed by atoms with van der Waals surface area (Å²) in [5.41, 5.74) is 0.418. The fourth-order valence-electron chi connectivity index (χ4n) is 2.56. The number of amides is 1. The first-order valence-corrected chi connectivity index (χ1v) is 12.0. The smallest absolute Gasteiger partial charge is 0.271 e. The van der Waals surface area contributed by atoms with Gasteiger partial charge in [0.25, 0.3) is 11.6 Å². The van der Waals surface area contributed by atoms with Gasteiger partial charge < -0.3 is 5.32 Å². The summed E-state index contributed by atoms with van der Waals surface area (Å²) in [6, 6.07) is 7.11. The van der Waals surface area contributed by atoms with Crippen LogP contribution in [0, 0.1) is 17.0 Å². The van der Waals surface area contributed by atoms with E-state index >= 15 is 0 Å². The molecule has 0 aliphatic heterocycles.